The van der Waals surface area contributed by atoms with Crippen LogP contribution in [-0.4, -0.2) is 37.6 Å². The molecular formula is C28H27ClF2N2O2. The van der Waals surface area contributed by atoms with Crippen molar-refractivity contribution in [1.29, 1.82) is 0 Å². The number of para-hydroxylation sites is 1. The molecule has 1 unspecified atom stereocenters. The second-order valence-corrected chi connectivity index (χ2v) is 9.69. The van der Waals surface area contributed by atoms with Crippen molar-refractivity contribution in [3.8, 4) is 5.75 Å². The normalized spacial score (nSPS) is 18.0. The molecule has 5 rings (SSSR count). The maximum Gasteiger partial charge on any atom is 0.231 e. The van der Waals surface area contributed by atoms with Crippen LogP contribution >= 0.6 is 11.6 Å². The second kappa shape index (κ2) is 9.86. The number of hydrogen-bond acceptors (Lipinski definition) is 3. The van der Waals surface area contributed by atoms with Crippen molar-refractivity contribution in [2.24, 2.45) is 0 Å². The lowest BCUT2D eigenvalue weighted by Crippen LogP contribution is -2.41. The molecule has 35 heavy (non-hydrogen) atoms. The monoisotopic (exact) mass is 496 g/mol. The topological polar surface area (TPSA) is 32.8 Å². The molecule has 3 aromatic carbocycles. The van der Waals surface area contributed by atoms with Gasteiger partial charge in [0.1, 0.15) is 17.4 Å². The maximum absolute atomic E-state index is 13.8. The molecule has 2 aliphatic rings. The summed E-state index contributed by atoms with van der Waals surface area (Å²) in [4.78, 5) is 17.6. The zero-order valence-electron chi connectivity index (χ0n) is 19.5. The third-order valence-electron chi connectivity index (χ3n) is 7.09. The van der Waals surface area contributed by atoms with E-state index in [0.717, 1.165) is 35.9 Å². The van der Waals surface area contributed by atoms with E-state index in [2.05, 4.69) is 6.07 Å². The van der Waals surface area contributed by atoms with Crippen LogP contribution in [-0.2, 0) is 11.3 Å². The van der Waals surface area contributed by atoms with E-state index in [-0.39, 0.29) is 11.8 Å². The average Bonchev–Trinajstić information content (AvgIpc) is 3.20. The summed E-state index contributed by atoms with van der Waals surface area (Å²) in [7, 11) is 1.69. The van der Waals surface area contributed by atoms with Crippen molar-refractivity contribution in [2.45, 2.75) is 31.2 Å². The highest BCUT2D eigenvalue weighted by Crippen LogP contribution is 2.41. The van der Waals surface area contributed by atoms with Crippen LogP contribution in [0.3, 0.4) is 0 Å². The minimum absolute atomic E-state index is 0.0833. The van der Waals surface area contributed by atoms with Gasteiger partial charge in [-0.1, -0.05) is 35.9 Å². The highest BCUT2D eigenvalue weighted by atomic mass is 35.5. The van der Waals surface area contributed by atoms with Gasteiger partial charge in [0.05, 0.1) is 13.0 Å². The Bertz CT molecular complexity index is 1220. The first-order valence-corrected chi connectivity index (χ1v) is 12.2. The molecule has 7 heteroatoms. The van der Waals surface area contributed by atoms with Crippen LogP contribution in [0, 0.1) is 11.6 Å². The molecule has 0 aromatic heterocycles. The Morgan fingerprint density at radius 3 is 2.43 bits per heavy atom. The van der Waals surface area contributed by atoms with E-state index < -0.39 is 11.6 Å². The third kappa shape index (κ3) is 4.85. The van der Waals surface area contributed by atoms with Crippen molar-refractivity contribution >= 4 is 23.2 Å². The minimum Gasteiger partial charge on any atom is -0.496 e. The highest BCUT2D eigenvalue weighted by Gasteiger charge is 2.37. The van der Waals surface area contributed by atoms with Crippen LogP contribution in [0.4, 0.5) is 14.5 Å². The largest absolute Gasteiger partial charge is 0.496 e. The quantitative estimate of drug-likeness (QED) is 0.425. The summed E-state index contributed by atoms with van der Waals surface area (Å²) in [6.45, 7) is 2.09. The van der Waals surface area contributed by atoms with E-state index in [1.54, 1.807) is 13.2 Å². The number of amides is 1. The molecule has 0 aliphatic carbocycles. The van der Waals surface area contributed by atoms with Gasteiger partial charge in [0.15, 0.2) is 0 Å². The number of methoxy groups -OCH3 is 1. The first kappa shape index (κ1) is 23.6. The van der Waals surface area contributed by atoms with E-state index in [9.17, 15) is 13.6 Å². The summed E-state index contributed by atoms with van der Waals surface area (Å²) < 4.78 is 33.1. The average molecular weight is 497 g/mol. The van der Waals surface area contributed by atoms with Gasteiger partial charge in [-0.05, 0) is 65.8 Å². The number of carbonyl (C=O) groups is 1. The zero-order chi connectivity index (χ0) is 24.5. The Morgan fingerprint density at radius 2 is 1.71 bits per heavy atom. The van der Waals surface area contributed by atoms with Crippen molar-refractivity contribution < 1.29 is 18.3 Å². The lowest BCUT2D eigenvalue weighted by molar-refractivity contribution is -0.133. The second-order valence-electron chi connectivity index (χ2n) is 9.26. The molecule has 0 bridgehead atoms. The van der Waals surface area contributed by atoms with Crippen molar-refractivity contribution in [1.82, 2.24) is 4.90 Å². The summed E-state index contributed by atoms with van der Waals surface area (Å²) in [5.74, 6) is -0.247. The molecule has 1 saturated heterocycles. The maximum atomic E-state index is 13.8. The van der Waals surface area contributed by atoms with Gasteiger partial charge in [-0.2, -0.15) is 0 Å². The van der Waals surface area contributed by atoms with Gasteiger partial charge in [0.25, 0.3) is 0 Å². The number of benzene rings is 3. The van der Waals surface area contributed by atoms with Gasteiger partial charge in [0, 0.05) is 43.0 Å². The lowest BCUT2D eigenvalue weighted by atomic mass is 9.88. The number of nitrogens with zero attached hydrogens (tertiary/aromatic N) is 2. The van der Waals surface area contributed by atoms with E-state index in [1.807, 2.05) is 40.1 Å². The van der Waals surface area contributed by atoms with E-state index in [1.165, 1.54) is 17.7 Å². The fourth-order valence-electron chi connectivity index (χ4n) is 5.42. The molecular weight excluding hydrogens is 470 g/mol. The molecule has 182 valence electrons. The smallest absolute Gasteiger partial charge is 0.231 e. The Balaban J connectivity index is 1.32. The van der Waals surface area contributed by atoms with Crippen LogP contribution in [0.15, 0.2) is 60.7 Å². The Kier molecular flexibility index (Phi) is 6.65. The molecule has 0 spiro atoms. The summed E-state index contributed by atoms with van der Waals surface area (Å²) in [5.41, 5.74) is 3.45. The SMILES string of the molecule is COc1ccccc1C1CCN(C(=O)C2CN(Cc3cc(F)cc(F)c3)c3cc(Cl)ccc32)CC1. The molecule has 1 fully saturated rings. The van der Waals surface area contributed by atoms with Crippen molar-refractivity contribution in [3.63, 3.8) is 0 Å². The molecule has 1 amide bonds. The number of piperidine rings is 1. The van der Waals surface area contributed by atoms with Crippen LogP contribution in [0.1, 0.15) is 41.4 Å². The minimum atomic E-state index is -0.615. The number of likely N-dealkylation sites (tertiary alicyclic amines) is 1. The number of hydrogen-bond donors (Lipinski definition) is 0. The van der Waals surface area contributed by atoms with E-state index in [4.69, 9.17) is 16.3 Å². The van der Waals surface area contributed by atoms with Gasteiger partial charge in [-0.15, -0.1) is 0 Å². The predicted molar refractivity (Wildman–Crippen MR) is 133 cm³/mol. The van der Waals surface area contributed by atoms with Crippen LogP contribution < -0.4 is 9.64 Å². The molecule has 4 nitrogen and oxygen atoms in total. The molecule has 0 saturated carbocycles. The van der Waals surface area contributed by atoms with Gasteiger partial charge in [0.2, 0.25) is 5.91 Å². The van der Waals surface area contributed by atoms with Gasteiger partial charge in [-0.25, -0.2) is 8.78 Å². The van der Waals surface area contributed by atoms with Crippen molar-refractivity contribution in [3.05, 3.63) is 94.0 Å². The highest BCUT2D eigenvalue weighted by molar-refractivity contribution is 6.31. The Labute approximate surface area is 209 Å². The van der Waals surface area contributed by atoms with Gasteiger partial charge < -0.3 is 14.5 Å². The zero-order valence-corrected chi connectivity index (χ0v) is 20.3. The summed E-state index contributed by atoms with van der Waals surface area (Å²) >= 11 is 6.26. The van der Waals surface area contributed by atoms with Gasteiger partial charge in [-0.3, -0.25) is 4.79 Å². The number of fused-ring (bicyclic) bond motifs is 1. The fourth-order valence-corrected chi connectivity index (χ4v) is 5.59. The number of carbonyl (C=O) groups excluding carboxylic acids is 1. The number of rotatable bonds is 5. The van der Waals surface area contributed by atoms with E-state index in [0.29, 0.717) is 42.7 Å². The summed E-state index contributed by atoms with van der Waals surface area (Å²) in [6.07, 6.45) is 1.75. The number of halogens is 3. The lowest BCUT2D eigenvalue weighted by Gasteiger charge is -2.34. The Morgan fingerprint density at radius 1 is 1.00 bits per heavy atom. The molecule has 0 radical (unpaired) electrons. The molecule has 3 aromatic rings. The van der Waals surface area contributed by atoms with Crippen LogP contribution in [0.25, 0.3) is 0 Å². The molecule has 2 aliphatic heterocycles. The van der Waals surface area contributed by atoms with Gasteiger partial charge >= 0.3 is 0 Å². The van der Waals surface area contributed by atoms with Crippen LogP contribution in [0.2, 0.25) is 5.02 Å². The van der Waals surface area contributed by atoms with E-state index >= 15 is 0 Å². The van der Waals surface area contributed by atoms with Crippen LogP contribution in [0.5, 0.6) is 5.75 Å². The van der Waals surface area contributed by atoms with Crippen molar-refractivity contribution in [2.75, 3.05) is 31.6 Å². The summed E-state index contributed by atoms with van der Waals surface area (Å²) in [6, 6.07) is 17.1. The molecule has 0 N–H and O–H groups in total. The Hall–Kier alpha value is -3.12. The molecule has 2 heterocycles. The third-order valence-corrected chi connectivity index (χ3v) is 7.33. The molecule has 1 atom stereocenters. The fraction of sp³-hybridized carbons (Fsp3) is 0.321. The number of anilines is 1. The first-order valence-electron chi connectivity index (χ1n) is 11.8. The standard InChI is InChI=1S/C28H27ClF2N2O2/c1-35-27-5-3-2-4-23(27)19-8-10-32(11-9-19)28(34)25-17-33(26-14-20(29)6-7-24(25)26)16-18-12-21(30)15-22(31)13-18/h2-7,12-15,19,25H,8-11,16-17H2,1H3. The summed E-state index contributed by atoms with van der Waals surface area (Å²) in [5, 5.41) is 0.560. The predicted octanol–water partition coefficient (Wildman–Crippen LogP) is 6.14. The first-order chi connectivity index (χ1) is 16.9. The number of ether oxygens (including phenoxy) is 1.